The number of carbonyl (C=O) groups is 2. The van der Waals surface area contributed by atoms with Gasteiger partial charge in [-0.2, -0.15) is 26.3 Å². The van der Waals surface area contributed by atoms with E-state index >= 15 is 0 Å². The zero-order valence-electron chi connectivity index (χ0n) is 27.1. The normalized spacial score (nSPS) is 15.9. The van der Waals surface area contributed by atoms with Gasteiger partial charge in [0.15, 0.2) is 0 Å². The number of amides is 2. The molecular formula is C30H41BrF6N6O4. The molecule has 2 aromatic rings. The smallest absolute Gasteiger partial charge is 0.433 e. The highest BCUT2D eigenvalue weighted by Gasteiger charge is 2.33. The van der Waals surface area contributed by atoms with Crippen LogP contribution < -0.4 is 10.2 Å². The maximum absolute atomic E-state index is 12.5. The van der Waals surface area contributed by atoms with Gasteiger partial charge in [0.2, 0.25) is 0 Å². The largest absolute Gasteiger partial charge is 0.444 e. The quantitative estimate of drug-likeness (QED) is 0.317. The predicted octanol–water partition coefficient (Wildman–Crippen LogP) is 6.85. The summed E-state index contributed by atoms with van der Waals surface area (Å²) in [5, 5.41) is 3.18. The Hall–Kier alpha value is -3.34. The maximum Gasteiger partial charge on any atom is 0.433 e. The highest BCUT2D eigenvalue weighted by molar-refractivity contribution is 9.10. The molecule has 17 heteroatoms. The standard InChI is InChI=1S/C15H20F3N3O2.C9H18N2O2.C6H3BrF3N/c1-14(2,3)23-13(22)21-8-6-20(7-9-21)11-4-5-12(19-10-11)15(16,17)18;1-9(2,3)13-8(12)11-6-4-10-5-7-11;7-4-1-2-5(11-3-4)6(8,9)10/h4-5,10H,6-9H2,1-3H3;10H,4-7H2,1-3H3;1-3H. The molecule has 0 saturated carbocycles. The number of hydrogen-bond acceptors (Lipinski definition) is 8. The van der Waals surface area contributed by atoms with Gasteiger partial charge in [-0.1, -0.05) is 0 Å². The molecule has 264 valence electrons. The zero-order chi connectivity index (χ0) is 35.6. The van der Waals surface area contributed by atoms with Crippen molar-refractivity contribution in [3.63, 3.8) is 0 Å². The van der Waals surface area contributed by atoms with Crippen LogP contribution in [0.5, 0.6) is 0 Å². The van der Waals surface area contributed by atoms with E-state index in [4.69, 9.17) is 9.47 Å². The molecule has 2 amide bonds. The van der Waals surface area contributed by atoms with Crippen LogP contribution in [-0.4, -0.2) is 95.5 Å². The second-order valence-corrected chi connectivity index (χ2v) is 13.3. The molecule has 1 N–H and O–H groups in total. The summed E-state index contributed by atoms with van der Waals surface area (Å²) in [5.74, 6) is 0. The lowest BCUT2D eigenvalue weighted by molar-refractivity contribution is -0.141. The number of nitrogens with one attached hydrogen (secondary N) is 1. The molecule has 4 heterocycles. The topological polar surface area (TPSA) is 100 Å². The first-order chi connectivity index (χ1) is 21.5. The van der Waals surface area contributed by atoms with Crippen molar-refractivity contribution in [2.24, 2.45) is 0 Å². The lowest BCUT2D eigenvalue weighted by atomic mass is 10.2. The Morgan fingerprint density at radius 3 is 1.47 bits per heavy atom. The Morgan fingerprint density at radius 2 is 1.11 bits per heavy atom. The van der Waals surface area contributed by atoms with Crippen LogP contribution in [0.4, 0.5) is 41.6 Å². The Labute approximate surface area is 278 Å². The summed E-state index contributed by atoms with van der Waals surface area (Å²) in [6, 6.07) is 4.59. The monoisotopic (exact) mass is 742 g/mol. The summed E-state index contributed by atoms with van der Waals surface area (Å²) in [6.45, 7) is 16.2. The van der Waals surface area contributed by atoms with Gasteiger partial charge in [-0.15, -0.1) is 0 Å². The van der Waals surface area contributed by atoms with Crippen molar-refractivity contribution in [1.29, 1.82) is 0 Å². The first kappa shape index (κ1) is 39.8. The fourth-order valence-electron chi connectivity index (χ4n) is 3.93. The Bertz CT molecular complexity index is 1270. The van der Waals surface area contributed by atoms with E-state index in [0.717, 1.165) is 44.5 Å². The summed E-state index contributed by atoms with van der Waals surface area (Å²) >= 11 is 2.98. The number of rotatable bonds is 1. The van der Waals surface area contributed by atoms with Crippen LogP contribution in [-0.2, 0) is 21.8 Å². The number of aromatic nitrogens is 2. The number of nitrogens with zero attached hydrogens (tertiary/aromatic N) is 5. The molecular weight excluding hydrogens is 702 g/mol. The molecule has 2 aromatic heterocycles. The number of carbonyl (C=O) groups excluding carboxylic acids is 2. The maximum atomic E-state index is 12.5. The fourth-order valence-corrected chi connectivity index (χ4v) is 4.17. The highest BCUT2D eigenvalue weighted by atomic mass is 79.9. The third-order valence-corrected chi connectivity index (χ3v) is 6.59. The molecule has 0 spiro atoms. The van der Waals surface area contributed by atoms with Gasteiger partial charge in [-0.05, 0) is 81.7 Å². The van der Waals surface area contributed by atoms with Gasteiger partial charge < -0.3 is 29.5 Å². The van der Waals surface area contributed by atoms with Crippen molar-refractivity contribution >= 4 is 33.8 Å². The van der Waals surface area contributed by atoms with Gasteiger partial charge >= 0.3 is 24.5 Å². The van der Waals surface area contributed by atoms with E-state index in [2.05, 4.69) is 31.2 Å². The number of alkyl halides is 6. The summed E-state index contributed by atoms with van der Waals surface area (Å²) in [4.78, 5) is 35.3. The number of ether oxygens (including phenoxy) is 2. The van der Waals surface area contributed by atoms with Crippen molar-refractivity contribution in [3.8, 4) is 0 Å². The molecule has 10 nitrogen and oxygen atoms in total. The third kappa shape index (κ3) is 15.0. The number of pyridine rings is 2. The van der Waals surface area contributed by atoms with E-state index in [1.165, 1.54) is 18.3 Å². The summed E-state index contributed by atoms with van der Waals surface area (Å²) in [7, 11) is 0. The Morgan fingerprint density at radius 1 is 0.681 bits per heavy atom. The molecule has 0 aromatic carbocycles. The van der Waals surface area contributed by atoms with E-state index in [-0.39, 0.29) is 17.8 Å². The molecule has 0 radical (unpaired) electrons. The summed E-state index contributed by atoms with van der Waals surface area (Å²) < 4.78 is 84.1. The van der Waals surface area contributed by atoms with Gasteiger partial charge in [0.25, 0.3) is 0 Å². The van der Waals surface area contributed by atoms with Gasteiger partial charge in [-0.3, -0.25) is 4.98 Å². The molecule has 47 heavy (non-hydrogen) atoms. The van der Waals surface area contributed by atoms with Gasteiger partial charge in [-0.25, -0.2) is 14.6 Å². The number of halogens is 7. The molecule has 4 rings (SSSR count). The van der Waals surface area contributed by atoms with Crippen LogP contribution >= 0.6 is 15.9 Å². The molecule has 2 aliphatic heterocycles. The van der Waals surface area contributed by atoms with Crippen LogP contribution in [0.15, 0.2) is 41.1 Å². The van der Waals surface area contributed by atoms with Crippen LogP contribution in [0.2, 0.25) is 0 Å². The van der Waals surface area contributed by atoms with Crippen molar-refractivity contribution < 1.29 is 45.4 Å². The highest BCUT2D eigenvalue weighted by Crippen LogP contribution is 2.29. The van der Waals surface area contributed by atoms with E-state index in [1.807, 2.05) is 25.7 Å². The third-order valence-electron chi connectivity index (χ3n) is 6.12. The average molecular weight is 744 g/mol. The summed E-state index contributed by atoms with van der Waals surface area (Å²) in [6.07, 6.45) is -7.03. The lowest BCUT2D eigenvalue weighted by Crippen LogP contribution is -2.50. The van der Waals surface area contributed by atoms with E-state index in [1.54, 1.807) is 30.6 Å². The van der Waals surface area contributed by atoms with Crippen molar-refractivity contribution in [1.82, 2.24) is 25.1 Å². The van der Waals surface area contributed by atoms with Gasteiger partial charge in [0, 0.05) is 63.0 Å². The molecule has 2 aliphatic rings. The van der Waals surface area contributed by atoms with Crippen molar-refractivity contribution in [3.05, 3.63) is 52.5 Å². The molecule has 2 fully saturated rings. The molecule has 0 unspecified atom stereocenters. The average Bonchev–Trinajstić information content (AvgIpc) is 2.96. The zero-order valence-corrected chi connectivity index (χ0v) is 28.7. The predicted molar refractivity (Wildman–Crippen MR) is 167 cm³/mol. The number of anilines is 1. The van der Waals surface area contributed by atoms with E-state index < -0.39 is 29.3 Å². The van der Waals surface area contributed by atoms with Gasteiger partial charge in [0.05, 0.1) is 11.9 Å². The second-order valence-electron chi connectivity index (χ2n) is 12.4. The minimum absolute atomic E-state index is 0.200. The first-order valence-electron chi connectivity index (χ1n) is 14.7. The van der Waals surface area contributed by atoms with Crippen molar-refractivity contribution in [2.45, 2.75) is 65.1 Å². The van der Waals surface area contributed by atoms with Crippen LogP contribution in [0, 0.1) is 0 Å². The SMILES string of the molecule is CC(C)(C)OC(=O)N1CCN(c2ccc(C(F)(F)F)nc2)CC1.CC(C)(C)OC(=O)N1CCNCC1.FC(F)(F)c1ccc(Br)cn1. The Kier molecular flexibility index (Phi) is 14.1. The summed E-state index contributed by atoms with van der Waals surface area (Å²) in [5.41, 5.74) is -2.11. The van der Waals surface area contributed by atoms with Crippen molar-refractivity contribution in [2.75, 3.05) is 57.3 Å². The second kappa shape index (κ2) is 16.7. The number of hydrogen-bond donors (Lipinski definition) is 1. The molecule has 0 atom stereocenters. The van der Waals surface area contributed by atoms with Crippen LogP contribution in [0.1, 0.15) is 52.9 Å². The van der Waals surface area contributed by atoms with E-state index in [9.17, 15) is 35.9 Å². The minimum Gasteiger partial charge on any atom is -0.444 e. The van der Waals surface area contributed by atoms with Crippen LogP contribution in [0.25, 0.3) is 0 Å². The Balaban J connectivity index is 0.000000270. The lowest BCUT2D eigenvalue weighted by Gasteiger charge is -2.36. The van der Waals surface area contributed by atoms with E-state index in [0.29, 0.717) is 36.3 Å². The molecule has 2 saturated heterocycles. The van der Waals surface area contributed by atoms with Gasteiger partial charge in [0.1, 0.15) is 22.6 Å². The molecule has 0 aliphatic carbocycles. The van der Waals surface area contributed by atoms with Crippen LogP contribution in [0.3, 0.4) is 0 Å². The minimum atomic E-state index is -4.44. The number of piperazine rings is 2. The molecule has 0 bridgehead atoms. The fraction of sp³-hybridized carbons (Fsp3) is 0.600. The first-order valence-corrected chi connectivity index (χ1v) is 15.5.